The van der Waals surface area contributed by atoms with Crippen LogP contribution in [0.2, 0.25) is 5.04 Å². The number of carbonyl (C=O) groups excluding carboxylic acids is 1. The molecule has 5 rings (SSSR count). The van der Waals surface area contributed by atoms with Crippen LogP contribution in [0, 0.1) is 5.41 Å². The van der Waals surface area contributed by atoms with E-state index in [1.54, 1.807) is 6.08 Å². The third-order valence-corrected chi connectivity index (χ3v) is 12.7. The van der Waals surface area contributed by atoms with Crippen molar-refractivity contribution in [1.29, 1.82) is 0 Å². The van der Waals surface area contributed by atoms with Gasteiger partial charge in [0.1, 0.15) is 12.2 Å². The van der Waals surface area contributed by atoms with Crippen LogP contribution in [-0.2, 0) is 28.2 Å². The molecule has 36 heavy (non-hydrogen) atoms. The van der Waals surface area contributed by atoms with Gasteiger partial charge in [0.15, 0.2) is 18.2 Å². The summed E-state index contributed by atoms with van der Waals surface area (Å²) in [5.41, 5.74) is -0.743. The smallest absolute Gasteiger partial charge is 0.307 e. The summed E-state index contributed by atoms with van der Waals surface area (Å²) in [6.07, 6.45) is -0.184. The van der Waals surface area contributed by atoms with Gasteiger partial charge in [0.05, 0.1) is 18.4 Å². The number of esters is 1. The molecule has 3 saturated heterocycles. The van der Waals surface area contributed by atoms with Crippen LogP contribution in [0.3, 0.4) is 0 Å². The average Bonchev–Trinajstić information content (AvgIpc) is 3.30. The highest BCUT2D eigenvalue weighted by Gasteiger charge is 2.67. The van der Waals surface area contributed by atoms with E-state index >= 15 is 0 Å². The molecule has 3 aliphatic rings. The molecule has 0 saturated carbocycles. The number of hydrogen-bond acceptors (Lipinski definition) is 6. The predicted molar refractivity (Wildman–Crippen MR) is 139 cm³/mol. The van der Waals surface area contributed by atoms with Gasteiger partial charge >= 0.3 is 5.97 Å². The van der Waals surface area contributed by atoms with Crippen molar-refractivity contribution >= 4 is 24.7 Å². The van der Waals surface area contributed by atoms with Crippen LogP contribution in [0.1, 0.15) is 41.0 Å². The van der Waals surface area contributed by atoms with Crippen LogP contribution in [-0.4, -0.2) is 51.3 Å². The largest absolute Gasteiger partial charge is 0.457 e. The molecule has 6 nitrogen and oxygen atoms in total. The van der Waals surface area contributed by atoms with E-state index in [2.05, 4.69) is 75.9 Å². The first-order chi connectivity index (χ1) is 17.0. The van der Waals surface area contributed by atoms with Crippen molar-refractivity contribution in [3.63, 3.8) is 0 Å². The first-order valence-electron chi connectivity index (χ1n) is 12.6. The summed E-state index contributed by atoms with van der Waals surface area (Å²) in [6.45, 7) is 14.7. The Morgan fingerprint density at radius 3 is 2.11 bits per heavy atom. The minimum absolute atomic E-state index is 0.136. The zero-order chi connectivity index (χ0) is 25.8. The van der Waals surface area contributed by atoms with Crippen molar-refractivity contribution in [3.05, 3.63) is 73.3 Å². The highest BCUT2D eigenvalue weighted by molar-refractivity contribution is 6.99. The van der Waals surface area contributed by atoms with E-state index in [0.717, 1.165) is 0 Å². The molecule has 0 spiro atoms. The molecule has 2 aromatic carbocycles. The van der Waals surface area contributed by atoms with Crippen LogP contribution in [0.5, 0.6) is 0 Å². The summed E-state index contributed by atoms with van der Waals surface area (Å²) in [5.74, 6) is -1.10. The second-order valence-electron chi connectivity index (χ2n) is 11.5. The molecule has 0 aliphatic carbocycles. The van der Waals surface area contributed by atoms with Gasteiger partial charge in [-0.3, -0.25) is 4.79 Å². The molecule has 3 fully saturated rings. The van der Waals surface area contributed by atoms with Crippen LogP contribution in [0.15, 0.2) is 73.3 Å². The van der Waals surface area contributed by atoms with E-state index in [1.807, 2.05) is 26.0 Å². The number of benzene rings is 2. The maximum atomic E-state index is 12.9. The lowest BCUT2D eigenvalue weighted by atomic mass is 9.72. The van der Waals surface area contributed by atoms with Crippen LogP contribution in [0.25, 0.3) is 0 Å². The minimum atomic E-state index is -2.82. The highest BCUT2D eigenvalue weighted by atomic mass is 28.4. The Morgan fingerprint density at radius 1 is 1.00 bits per heavy atom. The SMILES string of the molecule is C=C[C@]12CC(=O)O[C@H](CO[Si](c3ccccc3)(c3ccccc3)C(C)(C)C)[C@H]1O[C@@H]1OC(C)(C)O[C@@H]12. The van der Waals surface area contributed by atoms with Gasteiger partial charge in [-0.25, -0.2) is 0 Å². The molecule has 0 aromatic heterocycles. The molecule has 3 aliphatic heterocycles. The lowest BCUT2D eigenvalue weighted by Gasteiger charge is -2.46. The molecule has 0 bridgehead atoms. The maximum Gasteiger partial charge on any atom is 0.307 e. The van der Waals surface area contributed by atoms with Gasteiger partial charge in [0.25, 0.3) is 8.32 Å². The molecule has 0 N–H and O–H groups in total. The zero-order valence-corrected chi connectivity index (χ0v) is 22.7. The van der Waals surface area contributed by atoms with Crippen LogP contribution in [0.4, 0.5) is 0 Å². The normalized spacial score (nSPS) is 31.4. The number of fused-ring (bicyclic) bond motifs is 3. The molecule has 192 valence electrons. The van der Waals surface area contributed by atoms with Gasteiger partial charge in [-0.1, -0.05) is 87.5 Å². The summed E-state index contributed by atoms with van der Waals surface area (Å²) < 4.78 is 31.6. The van der Waals surface area contributed by atoms with Crippen molar-refractivity contribution in [3.8, 4) is 0 Å². The second kappa shape index (κ2) is 8.92. The first-order valence-corrected chi connectivity index (χ1v) is 14.5. The van der Waals surface area contributed by atoms with Crippen LogP contribution < -0.4 is 10.4 Å². The molecule has 0 unspecified atom stereocenters. The summed E-state index contributed by atoms with van der Waals surface area (Å²) in [6, 6.07) is 20.8. The van der Waals surface area contributed by atoms with Crippen LogP contribution >= 0.6 is 0 Å². The maximum absolute atomic E-state index is 12.9. The second-order valence-corrected chi connectivity index (χ2v) is 15.8. The Bertz CT molecular complexity index is 1070. The summed E-state index contributed by atoms with van der Waals surface area (Å²) in [5, 5.41) is 2.13. The van der Waals surface area contributed by atoms with E-state index < -0.39 is 44.1 Å². The molecule has 7 heteroatoms. The molecular formula is C29H36O6Si. The van der Waals surface area contributed by atoms with E-state index in [0.29, 0.717) is 0 Å². The monoisotopic (exact) mass is 508 g/mol. The van der Waals surface area contributed by atoms with Crippen molar-refractivity contribution in [1.82, 2.24) is 0 Å². The minimum Gasteiger partial charge on any atom is -0.457 e. The molecule has 3 heterocycles. The summed E-state index contributed by atoms with van der Waals surface area (Å²) in [4.78, 5) is 12.9. The van der Waals surface area contributed by atoms with E-state index in [1.165, 1.54) is 10.4 Å². The first kappa shape index (κ1) is 25.4. The number of carbonyl (C=O) groups is 1. The number of cyclic esters (lactones) is 1. The molecule has 2 aromatic rings. The fraction of sp³-hybridized carbons (Fsp3) is 0.483. The van der Waals surface area contributed by atoms with Crippen molar-refractivity contribution < 1.29 is 28.2 Å². The average molecular weight is 509 g/mol. The fourth-order valence-corrected chi connectivity index (χ4v) is 10.7. The quantitative estimate of drug-likeness (QED) is 0.335. The van der Waals surface area contributed by atoms with Gasteiger partial charge in [-0.05, 0) is 29.3 Å². The Hall–Kier alpha value is -2.29. The Balaban J connectivity index is 1.52. The van der Waals surface area contributed by atoms with Gasteiger partial charge in [0, 0.05) is 0 Å². The highest BCUT2D eigenvalue weighted by Crippen LogP contribution is 2.54. The van der Waals surface area contributed by atoms with Crippen molar-refractivity contribution in [2.75, 3.05) is 6.61 Å². The van der Waals surface area contributed by atoms with Gasteiger partial charge in [-0.2, -0.15) is 0 Å². The fourth-order valence-electron chi connectivity index (χ4n) is 6.18. The third-order valence-electron chi connectivity index (χ3n) is 7.73. The Kier molecular flexibility index (Phi) is 6.29. The van der Waals surface area contributed by atoms with Crippen molar-refractivity contribution in [2.24, 2.45) is 5.41 Å². The standard InChI is InChI=1S/C29H36O6Si/c1-7-29-18-23(30)32-22(24(29)33-26-25(29)34-28(5,6)35-26)19-31-36(27(2,3)4,20-14-10-8-11-15-20)21-16-12-9-13-17-21/h7-17,22,24-26H,1,18-19H2,2-6H3/t22-,24-,25+,26-,29+/m1/s1. The van der Waals surface area contributed by atoms with E-state index in [4.69, 9.17) is 23.4 Å². The topological polar surface area (TPSA) is 63.2 Å². The number of ether oxygens (including phenoxy) is 4. The van der Waals surface area contributed by atoms with Gasteiger partial charge in [-0.15, -0.1) is 6.58 Å². The number of hydrogen-bond donors (Lipinski definition) is 0. The molecule has 0 amide bonds. The molecule has 5 atom stereocenters. The summed E-state index contributed by atoms with van der Waals surface area (Å²) >= 11 is 0. The lowest BCUT2D eigenvalue weighted by molar-refractivity contribution is -0.241. The Labute approximate surface area is 214 Å². The summed E-state index contributed by atoms with van der Waals surface area (Å²) in [7, 11) is -2.82. The zero-order valence-electron chi connectivity index (χ0n) is 21.7. The lowest BCUT2D eigenvalue weighted by Crippen LogP contribution is -2.67. The van der Waals surface area contributed by atoms with E-state index in [-0.39, 0.29) is 24.0 Å². The van der Waals surface area contributed by atoms with Crippen molar-refractivity contribution in [2.45, 2.75) is 76.5 Å². The van der Waals surface area contributed by atoms with Gasteiger partial charge < -0.3 is 23.4 Å². The van der Waals surface area contributed by atoms with E-state index in [9.17, 15) is 4.79 Å². The molecular weight excluding hydrogens is 472 g/mol. The third kappa shape index (κ3) is 3.98. The molecule has 0 radical (unpaired) electrons. The number of rotatable bonds is 6. The Morgan fingerprint density at radius 2 is 1.58 bits per heavy atom. The predicted octanol–water partition coefficient (Wildman–Crippen LogP) is 3.93. The van der Waals surface area contributed by atoms with Gasteiger partial charge in [0.2, 0.25) is 0 Å².